The van der Waals surface area contributed by atoms with Crippen LogP contribution in [0.3, 0.4) is 0 Å². The van der Waals surface area contributed by atoms with Crippen molar-refractivity contribution in [3.05, 3.63) is 89.5 Å². The van der Waals surface area contributed by atoms with Gasteiger partial charge in [0.2, 0.25) is 0 Å². The van der Waals surface area contributed by atoms with Gasteiger partial charge in [-0.1, -0.05) is 55.2 Å². The van der Waals surface area contributed by atoms with Crippen molar-refractivity contribution < 1.29 is 9.53 Å². The minimum absolute atomic E-state index is 0.0807. The molecule has 134 valence electrons. The van der Waals surface area contributed by atoms with Gasteiger partial charge in [-0.25, -0.2) is 0 Å². The summed E-state index contributed by atoms with van der Waals surface area (Å²) in [5, 5.41) is 0. The third-order valence-electron chi connectivity index (χ3n) is 4.19. The molecule has 0 N–H and O–H groups in total. The van der Waals surface area contributed by atoms with Crippen LogP contribution in [0.15, 0.2) is 72.8 Å². The van der Waals surface area contributed by atoms with Crippen molar-refractivity contribution >= 4 is 5.78 Å². The van der Waals surface area contributed by atoms with Crippen molar-refractivity contribution in [2.24, 2.45) is 0 Å². The number of hydrogen-bond acceptors (Lipinski definition) is 2. The number of carbonyl (C=O) groups excluding carboxylic acids is 1. The van der Waals surface area contributed by atoms with E-state index < -0.39 is 0 Å². The molecule has 3 aromatic carbocycles. The fraction of sp³-hybridized carbons (Fsp3) is 0.160. The number of ketones is 1. The fourth-order valence-electron chi connectivity index (χ4n) is 2.64. The summed E-state index contributed by atoms with van der Waals surface area (Å²) in [7, 11) is 0. The van der Waals surface area contributed by atoms with E-state index in [0.717, 1.165) is 46.6 Å². The molecule has 0 radical (unpaired) electrons. The van der Waals surface area contributed by atoms with Gasteiger partial charge >= 0.3 is 0 Å². The second kappa shape index (κ2) is 8.87. The first-order valence-electron chi connectivity index (χ1n) is 9.12. The topological polar surface area (TPSA) is 26.3 Å². The van der Waals surface area contributed by atoms with Gasteiger partial charge in [0.05, 0.1) is 6.61 Å². The first kappa shape index (κ1) is 18.5. The van der Waals surface area contributed by atoms with E-state index in [-0.39, 0.29) is 5.78 Å². The zero-order chi connectivity index (χ0) is 19.1. The maximum absolute atomic E-state index is 11.4. The van der Waals surface area contributed by atoms with Crippen molar-refractivity contribution in [2.75, 3.05) is 6.61 Å². The highest BCUT2D eigenvalue weighted by atomic mass is 16.5. The van der Waals surface area contributed by atoms with Crippen molar-refractivity contribution in [3.8, 4) is 28.7 Å². The largest absolute Gasteiger partial charge is 0.494 e. The Hall–Kier alpha value is -3.31. The van der Waals surface area contributed by atoms with Crippen molar-refractivity contribution in [2.45, 2.75) is 20.3 Å². The first-order chi connectivity index (χ1) is 13.2. The lowest BCUT2D eigenvalue weighted by Crippen LogP contribution is -1.94. The number of benzene rings is 3. The Balaban J connectivity index is 1.69. The molecule has 0 bridgehead atoms. The van der Waals surface area contributed by atoms with Gasteiger partial charge in [-0.3, -0.25) is 4.79 Å². The van der Waals surface area contributed by atoms with Gasteiger partial charge in [0.15, 0.2) is 5.78 Å². The molecule has 27 heavy (non-hydrogen) atoms. The molecule has 0 spiro atoms. The predicted octanol–water partition coefficient (Wildman–Crippen LogP) is 5.74. The first-order valence-corrected chi connectivity index (χ1v) is 9.12. The highest BCUT2D eigenvalue weighted by Crippen LogP contribution is 2.20. The van der Waals surface area contributed by atoms with Crippen LogP contribution in [-0.4, -0.2) is 12.4 Å². The van der Waals surface area contributed by atoms with E-state index in [1.54, 1.807) is 6.92 Å². The second-order valence-electron chi connectivity index (χ2n) is 6.33. The molecule has 0 aliphatic heterocycles. The highest BCUT2D eigenvalue weighted by molar-refractivity contribution is 5.94. The quantitative estimate of drug-likeness (QED) is 0.431. The Bertz CT molecular complexity index is 954. The molecule has 0 aliphatic rings. The average Bonchev–Trinajstić information content (AvgIpc) is 2.72. The monoisotopic (exact) mass is 354 g/mol. The Morgan fingerprint density at radius 1 is 0.778 bits per heavy atom. The van der Waals surface area contributed by atoms with Crippen LogP contribution < -0.4 is 4.74 Å². The zero-order valence-electron chi connectivity index (χ0n) is 15.7. The second-order valence-corrected chi connectivity index (χ2v) is 6.33. The van der Waals surface area contributed by atoms with E-state index in [0.29, 0.717) is 0 Å². The summed E-state index contributed by atoms with van der Waals surface area (Å²) in [4.78, 5) is 11.4. The van der Waals surface area contributed by atoms with E-state index in [1.165, 1.54) is 0 Å². The van der Waals surface area contributed by atoms with E-state index in [2.05, 4.69) is 30.9 Å². The van der Waals surface area contributed by atoms with Gasteiger partial charge in [-0.15, -0.1) is 0 Å². The van der Waals surface area contributed by atoms with Crippen LogP contribution in [0.25, 0.3) is 11.1 Å². The lowest BCUT2D eigenvalue weighted by Gasteiger charge is -2.03. The summed E-state index contributed by atoms with van der Waals surface area (Å²) in [6.07, 6.45) is 0.998. The molecule has 0 saturated carbocycles. The molecule has 2 nitrogen and oxygen atoms in total. The standard InChI is InChI=1S/C25H22O2/c1-3-18-27-25-16-8-21(9-17-25)5-4-20-6-10-23(11-7-20)24-14-12-22(13-15-24)19(2)26/h6-17H,3,18H2,1-2H3. The van der Waals surface area contributed by atoms with Gasteiger partial charge in [0.25, 0.3) is 0 Å². The number of rotatable bonds is 5. The van der Waals surface area contributed by atoms with Crippen LogP contribution in [0.2, 0.25) is 0 Å². The lowest BCUT2D eigenvalue weighted by molar-refractivity contribution is 0.101. The summed E-state index contributed by atoms with van der Waals surface area (Å²) < 4.78 is 5.58. The molecule has 0 aliphatic carbocycles. The van der Waals surface area contributed by atoms with E-state index in [4.69, 9.17) is 4.74 Å². The van der Waals surface area contributed by atoms with Crippen LogP contribution in [0.5, 0.6) is 5.75 Å². The molecule has 0 atom stereocenters. The van der Waals surface area contributed by atoms with Gasteiger partial charge in [-0.05, 0) is 60.9 Å². The molecule has 0 amide bonds. The molecule has 0 aromatic heterocycles. The maximum atomic E-state index is 11.4. The third-order valence-corrected chi connectivity index (χ3v) is 4.19. The number of Topliss-reactive ketones (excluding diaryl/α,β-unsaturated/α-hetero) is 1. The Labute approximate surface area is 160 Å². The van der Waals surface area contributed by atoms with Crippen LogP contribution in [0, 0.1) is 11.8 Å². The molecular formula is C25H22O2. The normalized spacial score (nSPS) is 10.0. The Kier molecular flexibility index (Phi) is 6.07. The summed E-state index contributed by atoms with van der Waals surface area (Å²) in [5.41, 5.74) is 4.84. The molecule has 2 heteroatoms. The molecule has 0 unspecified atom stereocenters. The van der Waals surface area contributed by atoms with Gasteiger partial charge in [0.1, 0.15) is 5.75 Å². The number of hydrogen-bond donors (Lipinski definition) is 0. The van der Waals surface area contributed by atoms with Crippen LogP contribution in [0.4, 0.5) is 0 Å². The Morgan fingerprint density at radius 3 is 1.74 bits per heavy atom. The minimum atomic E-state index is 0.0807. The van der Waals surface area contributed by atoms with Crippen molar-refractivity contribution in [3.63, 3.8) is 0 Å². The molecule has 3 rings (SSSR count). The average molecular weight is 354 g/mol. The van der Waals surface area contributed by atoms with Gasteiger partial charge in [0, 0.05) is 16.7 Å². The van der Waals surface area contributed by atoms with Gasteiger partial charge < -0.3 is 4.74 Å². The summed E-state index contributed by atoms with van der Waals surface area (Å²) in [5.74, 6) is 7.33. The summed E-state index contributed by atoms with van der Waals surface area (Å²) >= 11 is 0. The molecular weight excluding hydrogens is 332 g/mol. The smallest absolute Gasteiger partial charge is 0.159 e. The van der Waals surface area contributed by atoms with Crippen LogP contribution in [0.1, 0.15) is 41.8 Å². The SMILES string of the molecule is CCCOc1ccc(C#Cc2ccc(-c3ccc(C(C)=O)cc3)cc2)cc1. The van der Waals surface area contributed by atoms with E-state index in [1.807, 2.05) is 60.7 Å². The summed E-state index contributed by atoms with van der Waals surface area (Å²) in [6, 6.07) is 23.6. The highest BCUT2D eigenvalue weighted by Gasteiger charge is 2.01. The minimum Gasteiger partial charge on any atom is -0.494 e. The Morgan fingerprint density at radius 2 is 1.26 bits per heavy atom. The molecule has 0 heterocycles. The third kappa shape index (κ3) is 5.09. The molecule has 0 saturated heterocycles. The molecule has 0 fully saturated rings. The van der Waals surface area contributed by atoms with Crippen molar-refractivity contribution in [1.82, 2.24) is 0 Å². The van der Waals surface area contributed by atoms with E-state index in [9.17, 15) is 4.79 Å². The van der Waals surface area contributed by atoms with E-state index >= 15 is 0 Å². The number of ether oxygens (including phenoxy) is 1. The lowest BCUT2D eigenvalue weighted by atomic mass is 10.0. The van der Waals surface area contributed by atoms with Crippen molar-refractivity contribution in [1.29, 1.82) is 0 Å². The van der Waals surface area contributed by atoms with Gasteiger partial charge in [-0.2, -0.15) is 0 Å². The zero-order valence-corrected chi connectivity index (χ0v) is 15.7. The van der Waals surface area contributed by atoms with Crippen LogP contribution in [-0.2, 0) is 0 Å². The maximum Gasteiger partial charge on any atom is 0.159 e. The summed E-state index contributed by atoms with van der Waals surface area (Å²) in [6.45, 7) is 4.40. The van der Waals surface area contributed by atoms with Crippen LogP contribution >= 0.6 is 0 Å². The number of carbonyl (C=O) groups is 1. The fourth-order valence-corrected chi connectivity index (χ4v) is 2.64. The predicted molar refractivity (Wildman–Crippen MR) is 110 cm³/mol. The molecule has 3 aromatic rings.